The highest BCUT2D eigenvalue weighted by atomic mass is 35.5. The number of amides is 1. The predicted octanol–water partition coefficient (Wildman–Crippen LogP) is 8.27. The van der Waals surface area contributed by atoms with Crippen LogP contribution in [-0.4, -0.2) is 49.6 Å². The number of carbonyl (C=O) groups excluding carboxylic acids is 2. The van der Waals surface area contributed by atoms with Gasteiger partial charge in [0.25, 0.3) is 0 Å². The van der Waals surface area contributed by atoms with Crippen molar-refractivity contribution >= 4 is 23.5 Å². The van der Waals surface area contributed by atoms with Gasteiger partial charge >= 0.3 is 12.3 Å². The SMILES string of the molecule is CCCCCOc1cc(CC2COc3c(cc(Cn4ccn(C)/c4=N/C(=O)OC(C)(C)C)cc3-c3cn(CC)nc3C(F)(F)F)C2=O)ccc1Cl. The van der Waals surface area contributed by atoms with Crippen molar-refractivity contribution in [1.29, 1.82) is 0 Å². The average molecular weight is 730 g/mol. The molecule has 0 saturated carbocycles. The third-order valence-electron chi connectivity index (χ3n) is 8.32. The molecular weight excluding hydrogens is 687 g/mol. The summed E-state index contributed by atoms with van der Waals surface area (Å²) in [6.45, 7) is 9.72. The number of aryl methyl sites for hydroxylation is 2. The zero-order valence-electron chi connectivity index (χ0n) is 29.6. The normalized spacial score (nSPS) is 15.1. The molecule has 274 valence electrons. The van der Waals surface area contributed by atoms with Crippen LogP contribution in [-0.2, 0) is 37.5 Å². The molecule has 1 aliphatic rings. The maximum atomic E-state index is 14.3. The first-order chi connectivity index (χ1) is 24.1. The standard InChI is InChI=1S/C37H43ClF3N5O5/c1-7-9-10-15-49-30-19-23(11-12-29(30)38)16-25-22-50-32-26(28-21-46(8-2)43-33(28)37(39,40)41)17-24(18-27(32)31(25)47)20-45-14-13-44(6)34(45)42-35(48)51-36(3,4)5/h11-14,17-19,21,25H,7-10,15-16,20,22H2,1-6H3/b42-34-. The van der Waals surface area contributed by atoms with E-state index in [0.29, 0.717) is 29.4 Å². The largest absolute Gasteiger partial charge is 0.492 e. The quantitative estimate of drug-likeness (QED) is 0.144. The molecule has 10 nitrogen and oxygen atoms in total. The third-order valence-corrected chi connectivity index (χ3v) is 8.63. The predicted molar refractivity (Wildman–Crippen MR) is 186 cm³/mol. The summed E-state index contributed by atoms with van der Waals surface area (Å²) in [5.41, 5.74) is -0.256. The topological polar surface area (TPSA) is 102 Å². The van der Waals surface area contributed by atoms with Gasteiger partial charge in [-0.25, -0.2) is 4.79 Å². The summed E-state index contributed by atoms with van der Waals surface area (Å²) in [4.78, 5) is 31.0. The molecular formula is C37H43ClF3N5O5. The minimum Gasteiger partial charge on any atom is -0.492 e. The summed E-state index contributed by atoms with van der Waals surface area (Å²) in [6.07, 6.45) is 2.39. The number of imidazole rings is 1. The molecule has 1 atom stereocenters. The van der Waals surface area contributed by atoms with Crippen molar-refractivity contribution in [2.75, 3.05) is 13.2 Å². The highest BCUT2D eigenvalue weighted by Gasteiger charge is 2.40. The maximum absolute atomic E-state index is 14.3. The van der Waals surface area contributed by atoms with Crippen molar-refractivity contribution in [2.24, 2.45) is 18.0 Å². The Morgan fingerprint density at radius 2 is 1.80 bits per heavy atom. The monoisotopic (exact) mass is 729 g/mol. The van der Waals surface area contributed by atoms with Crippen LogP contribution in [0.3, 0.4) is 0 Å². The van der Waals surface area contributed by atoms with E-state index in [9.17, 15) is 22.8 Å². The lowest BCUT2D eigenvalue weighted by molar-refractivity contribution is -0.141. The fourth-order valence-electron chi connectivity index (χ4n) is 5.89. The van der Waals surface area contributed by atoms with Gasteiger partial charge in [0.15, 0.2) is 11.5 Å². The molecule has 1 amide bonds. The number of hydrogen-bond acceptors (Lipinski definition) is 6. The van der Waals surface area contributed by atoms with E-state index in [2.05, 4.69) is 17.0 Å². The number of unbranched alkanes of at least 4 members (excludes halogenated alkanes) is 2. The fraction of sp³-hybridized carbons (Fsp3) is 0.459. The Balaban J connectivity index is 1.56. The molecule has 0 saturated heterocycles. The number of aromatic nitrogens is 4. The molecule has 3 heterocycles. The molecule has 1 aliphatic heterocycles. The molecule has 0 spiro atoms. The lowest BCUT2D eigenvalue weighted by Gasteiger charge is -2.27. The summed E-state index contributed by atoms with van der Waals surface area (Å²) < 4.78 is 65.0. The van der Waals surface area contributed by atoms with Gasteiger partial charge in [0.1, 0.15) is 17.1 Å². The Labute approximate surface area is 299 Å². The van der Waals surface area contributed by atoms with Crippen LogP contribution in [0.15, 0.2) is 53.9 Å². The summed E-state index contributed by atoms with van der Waals surface area (Å²) >= 11 is 6.39. The van der Waals surface area contributed by atoms with Crippen LogP contribution < -0.4 is 15.1 Å². The van der Waals surface area contributed by atoms with Crippen molar-refractivity contribution in [3.05, 3.63) is 81.9 Å². The first kappa shape index (κ1) is 37.7. The molecule has 0 radical (unpaired) electrons. The van der Waals surface area contributed by atoms with Gasteiger partial charge in [-0.1, -0.05) is 37.4 Å². The summed E-state index contributed by atoms with van der Waals surface area (Å²) in [5.74, 6) is -0.307. The lowest BCUT2D eigenvalue weighted by atomic mass is 9.86. The number of fused-ring (bicyclic) bond motifs is 1. The Morgan fingerprint density at radius 3 is 2.49 bits per heavy atom. The van der Waals surface area contributed by atoms with Gasteiger partial charge in [0.05, 0.1) is 36.3 Å². The van der Waals surface area contributed by atoms with E-state index in [4.69, 9.17) is 25.8 Å². The van der Waals surface area contributed by atoms with E-state index >= 15 is 0 Å². The Bertz CT molecular complexity index is 1970. The molecule has 0 aliphatic carbocycles. The van der Waals surface area contributed by atoms with E-state index in [1.54, 1.807) is 74.5 Å². The van der Waals surface area contributed by atoms with E-state index in [0.717, 1.165) is 24.8 Å². The minimum atomic E-state index is -4.77. The van der Waals surface area contributed by atoms with E-state index < -0.39 is 29.5 Å². The summed E-state index contributed by atoms with van der Waals surface area (Å²) in [7, 11) is 1.70. The van der Waals surface area contributed by atoms with Crippen LogP contribution in [0.25, 0.3) is 11.1 Å². The maximum Gasteiger partial charge on any atom is 0.437 e. The zero-order chi connectivity index (χ0) is 37.1. The number of nitrogens with zero attached hydrogens (tertiary/aromatic N) is 5. The van der Waals surface area contributed by atoms with Crippen LogP contribution in [0.5, 0.6) is 11.5 Å². The Kier molecular flexibility index (Phi) is 11.4. The zero-order valence-corrected chi connectivity index (χ0v) is 30.4. The van der Waals surface area contributed by atoms with Crippen molar-refractivity contribution in [2.45, 2.75) is 85.2 Å². The molecule has 0 N–H and O–H groups in total. The van der Waals surface area contributed by atoms with E-state index in [1.807, 2.05) is 12.1 Å². The third kappa shape index (κ3) is 9.05. The average Bonchev–Trinajstić information content (AvgIpc) is 3.65. The van der Waals surface area contributed by atoms with E-state index in [-0.39, 0.29) is 53.5 Å². The van der Waals surface area contributed by atoms with Crippen LogP contribution in [0.1, 0.15) is 81.1 Å². The number of benzene rings is 2. The highest BCUT2D eigenvalue weighted by molar-refractivity contribution is 6.32. The Hall–Kier alpha value is -4.52. The number of rotatable bonds is 11. The first-order valence-corrected chi connectivity index (χ1v) is 17.3. The number of ether oxygens (including phenoxy) is 3. The van der Waals surface area contributed by atoms with Gasteiger partial charge in [0.2, 0.25) is 5.62 Å². The second-order valence-electron chi connectivity index (χ2n) is 13.6. The van der Waals surface area contributed by atoms with Crippen molar-refractivity contribution in [3.63, 3.8) is 0 Å². The number of halogens is 4. The second kappa shape index (κ2) is 15.4. The molecule has 0 fully saturated rings. The van der Waals surface area contributed by atoms with Gasteiger partial charge in [-0.05, 0) is 75.9 Å². The number of alkyl halides is 3. The van der Waals surface area contributed by atoms with Gasteiger partial charge in [-0.15, -0.1) is 4.99 Å². The van der Waals surface area contributed by atoms with Crippen LogP contribution in [0.2, 0.25) is 5.02 Å². The minimum absolute atomic E-state index is 0.0386. The van der Waals surface area contributed by atoms with Crippen molar-refractivity contribution in [3.8, 4) is 22.6 Å². The van der Waals surface area contributed by atoms with Gasteiger partial charge in [-0.2, -0.15) is 18.3 Å². The molecule has 1 unspecified atom stereocenters. The van der Waals surface area contributed by atoms with Crippen LogP contribution >= 0.6 is 11.6 Å². The van der Waals surface area contributed by atoms with Crippen LogP contribution in [0, 0.1) is 5.92 Å². The molecule has 0 bridgehead atoms. The lowest BCUT2D eigenvalue weighted by Crippen LogP contribution is -2.31. The highest BCUT2D eigenvalue weighted by Crippen LogP contribution is 2.44. The smallest absolute Gasteiger partial charge is 0.437 e. The molecule has 14 heteroatoms. The van der Waals surface area contributed by atoms with Crippen molar-refractivity contribution in [1.82, 2.24) is 18.9 Å². The van der Waals surface area contributed by atoms with Gasteiger partial charge < -0.3 is 23.3 Å². The molecule has 5 rings (SSSR count). The number of Topliss-reactive ketones (excluding diaryl/α,β-unsaturated/α-hetero) is 1. The van der Waals surface area contributed by atoms with Gasteiger partial charge in [0, 0.05) is 43.3 Å². The number of hydrogen-bond donors (Lipinski definition) is 0. The fourth-order valence-corrected chi connectivity index (χ4v) is 6.06. The summed E-state index contributed by atoms with van der Waals surface area (Å²) in [6, 6.07) is 8.56. The van der Waals surface area contributed by atoms with Gasteiger partial charge in [-0.3, -0.25) is 9.48 Å². The summed E-state index contributed by atoms with van der Waals surface area (Å²) in [5, 5.41) is 4.27. The van der Waals surface area contributed by atoms with Crippen LogP contribution in [0.4, 0.5) is 18.0 Å². The van der Waals surface area contributed by atoms with Crippen molar-refractivity contribution < 1.29 is 37.0 Å². The molecule has 2 aromatic heterocycles. The number of ketones is 1. The Morgan fingerprint density at radius 1 is 1.06 bits per heavy atom. The number of carbonyl (C=O) groups is 2. The second-order valence-corrected chi connectivity index (χ2v) is 14.0. The molecule has 2 aromatic carbocycles. The van der Waals surface area contributed by atoms with E-state index in [1.165, 1.54) is 10.9 Å². The molecule has 51 heavy (non-hydrogen) atoms. The first-order valence-electron chi connectivity index (χ1n) is 17.0. The molecule has 4 aromatic rings.